The predicted molar refractivity (Wildman–Crippen MR) is 118 cm³/mol. The fourth-order valence-electron chi connectivity index (χ4n) is 4.00. The molecule has 0 radical (unpaired) electrons. The quantitative estimate of drug-likeness (QED) is 0.616. The van der Waals surface area contributed by atoms with Crippen LogP contribution in [0.25, 0.3) is 0 Å². The number of aromatic nitrogens is 1. The van der Waals surface area contributed by atoms with E-state index in [4.69, 9.17) is 23.7 Å². The van der Waals surface area contributed by atoms with Crippen LogP contribution in [-0.2, 0) is 9.53 Å². The third kappa shape index (κ3) is 4.67. The second-order valence-corrected chi connectivity index (χ2v) is 7.65. The molecular formula is C23H29N3O6. The zero-order chi connectivity index (χ0) is 22.5. The van der Waals surface area contributed by atoms with Crippen molar-refractivity contribution in [2.45, 2.75) is 18.9 Å². The maximum Gasteiger partial charge on any atom is 0.256 e. The van der Waals surface area contributed by atoms with Gasteiger partial charge in [0.05, 0.1) is 57.9 Å². The van der Waals surface area contributed by atoms with E-state index in [1.165, 1.54) is 0 Å². The van der Waals surface area contributed by atoms with Gasteiger partial charge in [-0.05, 0) is 12.1 Å². The standard InChI is InChI=1S/C23H29N3O6/c1-28-10-7-22(27)25-8-6-18(15-25)32-17-4-5-20-19(13-17)26(9-11-31-20)16-12-21(29-2)23(30-3)24-14-16/h4-5,12-14,18H,6-11,15H2,1-3H3. The van der Waals surface area contributed by atoms with Crippen LogP contribution < -0.4 is 23.8 Å². The van der Waals surface area contributed by atoms with Crippen LogP contribution in [0, 0.1) is 0 Å². The summed E-state index contributed by atoms with van der Waals surface area (Å²) in [5.41, 5.74) is 1.77. The molecule has 1 unspecified atom stereocenters. The second kappa shape index (κ2) is 9.95. The third-order valence-corrected chi connectivity index (χ3v) is 5.64. The summed E-state index contributed by atoms with van der Waals surface area (Å²) in [6.45, 7) is 2.94. The van der Waals surface area contributed by atoms with Gasteiger partial charge in [0.2, 0.25) is 5.91 Å². The molecule has 0 spiro atoms. The molecule has 1 aromatic carbocycles. The van der Waals surface area contributed by atoms with Crippen LogP contribution >= 0.6 is 0 Å². The van der Waals surface area contributed by atoms with Crippen LogP contribution in [0.3, 0.4) is 0 Å². The maximum atomic E-state index is 12.2. The molecule has 9 heteroatoms. The highest BCUT2D eigenvalue weighted by Crippen LogP contribution is 2.41. The van der Waals surface area contributed by atoms with Gasteiger partial charge >= 0.3 is 0 Å². The first-order valence-corrected chi connectivity index (χ1v) is 10.7. The van der Waals surface area contributed by atoms with E-state index in [1.54, 1.807) is 27.5 Å². The Kier molecular flexibility index (Phi) is 6.84. The number of pyridine rings is 1. The minimum absolute atomic E-state index is 0.0414. The Labute approximate surface area is 187 Å². The number of rotatable bonds is 8. The van der Waals surface area contributed by atoms with Crippen molar-refractivity contribution in [3.05, 3.63) is 30.5 Å². The summed E-state index contributed by atoms with van der Waals surface area (Å²) in [6, 6.07) is 7.70. The van der Waals surface area contributed by atoms with Crippen molar-refractivity contribution in [3.8, 4) is 23.1 Å². The monoisotopic (exact) mass is 443 g/mol. The number of fused-ring (bicyclic) bond motifs is 1. The van der Waals surface area contributed by atoms with E-state index < -0.39 is 0 Å². The molecule has 1 atom stereocenters. The number of nitrogens with zero attached hydrogens (tertiary/aromatic N) is 3. The van der Waals surface area contributed by atoms with Crippen molar-refractivity contribution in [2.24, 2.45) is 0 Å². The highest BCUT2D eigenvalue weighted by molar-refractivity contribution is 5.76. The molecule has 9 nitrogen and oxygen atoms in total. The van der Waals surface area contributed by atoms with Gasteiger partial charge in [-0.1, -0.05) is 0 Å². The number of hydrogen-bond donors (Lipinski definition) is 0. The number of carbonyl (C=O) groups is 1. The zero-order valence-electron chi connectivity index (χ0n) is 18.7. The molecule has 0 aliphatic carbocycles. The minimum atomic E-state index is -0.0414. The van der Waals surface area contributed by atoms with Gasteiger partial charge in [0.15, 0.2) is 5.75 Å². The first kappa shape index (κ1) is 22.0. The molecule has 32 heavy (non-hydrogen) atoms. The second-order valence-electron chi connectivity index (χ2n) is 7.65. The SMILES string of the molecule is COCCC(=O)N1CCC(Oc2ccc3c(c2)N(c2cnc(OC)c(OC)c2)CCO3)C1. The number of anilines is 2. The van der Waals surface area contributed by atoms with E-state index in [1.807, 2.05) is 29.2 Å². The van der Waals surface area contributed by atoms with Crippen LogP contribution in [0.1, 0.15) is 12.8 Å². The highest BCUT2D eigenvalue weighted by atomic mass is 16.5. The molecular weight excluding hydrogens is 414 g/mol. The molecule has 0 N–H and O–H groups in total. The van der Waals surface area contributed by atoms with Gasteiger partial charge in [-0.2, -0.15) is 0 Å². The first-order chi connectivity index (χ1) is 15.6. The number of likely N-dealkylation sites (tertiary alicyclic amines) is 1. The van der Waals surface area contributed by atoms with Gasteiger partial charge in [0, 0.05) is 32.2 Å². The predicted octanol–water partition coefficient (Wildman–Crippen LogP) is 2.65. The summed E-state index contributed by atoms with van der Waals surface area (Å²) in [7, 11) is 4.76. The summed E-state index contributed by atoms with van der Waals surface area (Å²) in [5, 5.41) is 0. The number of carbonyl (C=O) groups excluding carboxylic acids is 1. The topological polar surface area (TPSA) is 82.6 Å². The average Bonchev–Trinajstić information content (AvgIpc) is 3.30. The van der Waals surface area contributed by atoms with E-state index in [0.29, 0.717) is 50.9 Å². The normalized spacial score (nSPS) is 17.5. The molecule has 172 valence electrons. The number of benzene rings is 1. The molecule has 0 saturated carbocycles. The lowest BCUT2D eigenvalue weighted by atomic mass is 10.2. The van der Waals surface area contributed by atoms with Crippen molar-refractivity contribution >= 4 is 17.3 Å². The summed E-state index contributed by atoms with van der Waals surface area (Å²) in [4.78, 5) is 20.6. The zero-order valence-corrected chi connectivity index (χ0v) is 18.7. The first-order valence-electron chi connectivity index (χ1n) is 10.7. The summed E-state index contributed by atoms with van der Waals surface area (Å²) in [5.74, 6) is 2.62. The maximum absolute atomic E-state index is 12.2. The molecule has 0 bridgehead atoms. The van der Waals surface area contributed by atoms with E-state index >= 15 is 0 Å². The number of ether oxygens (including phenoxy) is 5. The third-order valence-electron chi connectivity index (χ3n) is 5.64. The molecule has 2 aliphatic rings. The molecule has 1 amide bonds. The van der Waals surface area contributed by atoms with Crippen molar-refractivity contribution in [3.63, 3.8) is 0 Å². The average molecular weight is 444 g/mol. The number of hydrogen-bond acceptors (Lipinski definition) is 8. The fraction of sp³-hybridized carbons (Fsp3) is 0.478. The van der Waals surface area contributed by atoms with Crippen LogP contribution in [0.4, 0.5) is 11.4 Å². The molecule has 1 aromatic heterocycles. The van der Waals surface area contributed by atoms with Gasteiger partial charge < -0.3 is 33.5 Å². The van der Waals surface area contributed by atoms with Gasteiger partial charge in [-0.25, -0.2) is 4.98 Å². The van der Waals surface area contributed by atoms with E-state index in [9.17, 15) is 4.79 Å². The highest BCUT2D eigenvalue weighted by Gasteiger charge is 2.28. The Morgan fingerprint density at radius 3 is 2.84 bits per heavy atom. The van der Waals surface area contributed by atoms with Crippen LogP contribution in [0.2, 0.25) is 0 Å². The van der Waals surface area contributed by atoms with E-state index in [0.717, 1.165) is 29.3 Å². The Morgan fingerprint density at radius 2 is 2.06 bits per heavy atom. The molecule has 1 saturated heterocycles. The number of amides is 1. The Bertz CT molecular complexity index is 953. The molecule has 4 rings (SSSR count). The van der Waals surface area contributed by atoms with Crippen molar-refractivity contribution < 1.29 is 28.5 Å². The van der Waals surface area contributed by atoms with Crippen LogP contribution in [-0.4, -0.2) is 76.1 Å². The lowest BCUT2D eigenvalue weighted by Gasteiger charge is -2.31. The summed E-state index contributed by atoms with van der Waals surface area (Å²) < 4.78 is 27.7. The Morgan fingerprint density at radius 1 is 1.19 bits per heavy atom. The van der Waals surface area contributed by atoms with Crippen molar-refractivity contribution in [2.75, 3.05) is 59.1 Å². The lowest BCUT2D eigenvalue weighted by Crippen LogP contribution is -2.31. The van der Waals surface area contributed by atoms with E-state index in [-0.39, 0.29) is 12.0 Å². The molecule has 3 heterocycles. The Balaban J connectivity index is 1.49. The Hall–Kier alpha value is -3.20. The molecule has 2 aromatic rings. The van der Waals surface area contributed by atoms with Gasteiger partial charge in [-0.15, -0.1) is 0 Å². The lowest BCUT2D eigenvalue weighted by molar-refractivity contribution is -0.131. The van der Waals surface area contributed by atoms with Crippen LogP contribution in [0.15, 0.2) is 30.5 Å². The van der Waals surface area contributed by atoms with E-state index in [2.05, 4.69) is 9.88 Å². The van der Waals surface area contributed by atoms with Crippen LogP contribution in [0.5, 0.6) is 23.1 Å². The van der Waals surface area contributed by atoms with Gasteiger partial charge in [0.25, 0.3) is 5.88 Å². The van der Waals surface area contributed by atoms with Gasteiger partial charge in [-0.3, -0.25) is 4.79 Å². The van der Waals surface area contributed by atoms with Gasteiger partial charge in [0.1, 0.15) is 24.2 Å². The fourth-order valence-corrected chi connectivity index (χ4v) is 4.00. The molecule has 2 aliphatic heterocycles. The smallest absolute Gasteiger partial charge is 0.256 e. The van der Waals surface area contributed by atoms with Crippen molar-refractivity contribution in [1.29, 1.82) is 0 Å². The molecule has 1 fully saturated rings. The van der Waals surface area contributed by atoms with Crippen molar-refractivity contribution in [1.82, 2.24) is 9.88 Å². The number of methoxy groups -OCH3 is 3. The largest absolute Gasteiger partial charge is 0.491 e. The summed E-state index contributed by atoms with van der Waals surface area (Å²) >= 11 is 0. The minimum Gasteiger partial charge on any atom is -0.491 e. The summed E-state index contributed by atoms with van der Waals surface area (Å²) in [6.07, 6.45) is 2.91.